The Morgan fingerprint density at radius 3 is 2.29 bits per heavy atom. The first-order chi connectivity index (χ1) is 14.8. The molecule has 0 aliphatic rings. The normalized spacial score (nSPS) is 11.2. The Balaban J connectivity index is 1.70. The summed E-state index contributed by atoms with van der Waals surface area (Å²) in [7, 11) is 0. The fourth-order valence-electron chi connectivity index (χ4n) is 2.36. The first-order valence-electron chi connectivity index (χ1n) is 9.51. The summed E-state index contributed by atoms with van der Waals surface area (Å²) in [4.78, 5) is 35.9. The highest BCUT2D eigenvalue weighted by Crippen LogP contribution is 2.28. The van der Waals surface area contributed by atoms with Gasteiger partial charge >= 0.3 is 0 Å². The summed E-state index contributed by atoms with van der Waals surface area (Å²) < 4.78 is 10.8. The molecule has 1 unspecified atom stereocenters. The monoisotopic (exact) mass is 467 g/mol. The van der Waals surface area contributed by atoms with Gasteiger partial charge in [-0.1, -0.05) is 23.2 Å². The molecule has 2 aromatic rings. The minimum absolute atomic E-state index is 0.0542. The van der Waals surface area contributed by atoms with Crippen LogP contribution in [0.3, 0.4) is 0 Å². The van der Waals surface area contributed by atoms with Crippen LogP contribution in [0, 0.1) is 0 Å². The third kappa shape index (κ3) is 8.35. The summed E-state index contributed by atoms with van der Waals surface area (Å²) in [6, 6.07) is 11.5. The van der Waals surface area contributed by atoms with Gasteiger partial charge in [0.25, 0.3) is 5.91 Å². The Labute approximate surface area is 190 Å². The van der Waals surface area contributed by atoms with E-state index in [0.717, 1.165) is 0 Å². The Bertz CT molecular complexity index is 922. The van der Waals surface area contributed by atoms with Crippen LogP contribution in [0.5, 0.6) is 11.5 Å². The molecule has 0 fully saturated rings. The number of rotatable bonds is 9. The minimum Gasteiger partial charge on any atom is -0.494 e. The maximum absolute atomic E-state index is 12.1. The van der Waals surface area contributed by atoms with Crippen molar-refractivity contribution in [3.8, 4) is 11.5 Å². The molecule has 166 valence electrons. The molecule has 0 aliphatic carbocycles. The van der Waals surface area contributed by atoms with Crippen LogP contribution < -0.4 is 25.6 Å². The van der Waals surface area contributed by atoms with Gasteiger partial charge in [-0.3, -0.25) is 25.2 Å². The molecule has 3 amide bonds. The van der Waals surface area contributed by atoms with E-state index in [4.69, 9.17) is 32.7 Å². The van der Waals surface area contributed by atoms with Crippen LogP contribution >= 0.6 is 23.2 Å². The maximum Gasteiger partial charge on any atom is 0.279 e. The molecule has 31 heavy (non-hydrogen) atoms. The zero-order valence-electron chi connectivity index (χ0n) is 17.0. The highest BCUT2D eigenvalue weighted by Gasteiger charge is 2.17. The maximum atomic E-state index is 12.1. The van der Waals surface area contributed by atoms with Gasteiger partial charge in [0, 0.05) is 23.6 Å². The zero-order chi connectivity index (χ0) is 22.8. The van der Waals surface area contributed by atoms with Gasteiger partial charge in [0.2, 0.25) is 11.8 Å². The number of hydrogen-bond donors (Lipinski definition) is 3. The molecule has 0 heterocycles. The number of nitrogens with one attached hydrogen (secondary N) is 3. The summed E-state index contributed by atoms with van der Waals surface area (Å²) in [5, 5.41) is 3.38. The molecule has 0 aliphatic heterocycles. The molecule has 0 aromatic heterocycles. The van der Waals surface area contributed by atoms with Crippen molar-refractivity contribution in [1.82, 2.24) is 10.9 Å². The molecule has 8 nitrogen and oxygen atoms in total. The van der Waals surface area contributed by atoms with Gasteiger partial charge in [-0.2, -0.15) is 0 Å². The van der Waals surface area contributed by atoms with Gasteiger partial charge in [-0.15, -0.1) is 0 Å². The number of hydrazine groups is 1. The fraction of sp³-hybridized carbons (Fsp3) is 0.286. The van der Waals surface area contributed by atoms with Crippen LogP contribution in [0.2, 0.25) is 10.0 Å². The highest BCUT2D eigenvalue weighted by molar-refractivity contribution is 6.35. The van der Waals surface area contributed by atoms with Gasteiger partial charge < -0.3 is 14.8 Å². The van der Waals surface area contributed by atoms with Crippen molar-refractivity contribution in [2.75, 3.05) is 11.9 Å². The van der Waals surface area contributed by atoms with E-state index < -0.39 is 17.9 Å². The van der Waals surface area contributed by atoms with Crippen LogP contribution in [-0.2, 0) is 14.4 Å². The number of carbonyl (C=O) groups excluding carboxylic acids is 3. The number of carbonyl (C=O) groups is 3. The molecule has 0 saturated carbocycles. The second-order valence-corrected chi connectivity index (χ2v) is 7.22. The summed E-state index contributed by atoms with van der Waals surface area (Å²) >= 11 is 11.8. The number of benzene rings is 2. The molecule has 10 heteroatoms. The van der Waals surface area contributed by atoms with E-state index in [2.05, 4.69) is 16.2 Å². The molecule has 0 radical (unpaired) electrons. The molecule has 2 rings (SSSR count). The van der Waals surface area contributed by atoms with Crippen LogP contribution in [0.4, 0.5) is 5.69 Å². The predicted octanol–water partition coefficient (Wildman–Crippen LogP) is 3.73. The van der Waals surface area contributed by atoms with E-state index in [1.807, 2.05) is 6.92 Å². The zero-order valence-corrected chi connectivity index (χ0v) is 18.5. The van der Waals surface area contributed by atoms with Gasteiger partial charge in [0.05, 0.1) is 11.6 Å². The van der Waals surface area contributed by atoms with Crippen molar-refractivity contribution in [2.24, 2.45) is 0 Å². The third-order valence-corrected chi connectivity index (χ3v) is 4.45. The summed E-state index contributed by atoms with van der Waals surface area (Å²) in [5.74, 6) is -0.456. The smallest absolute Gasteiger partial charge is 0.279 e. The third-order valence-electron chi connectivity index (χ3n) is 3.92. The van der Waals surface area contributed by atoms with Gasteiger partial charge in [0.15, 0.2) is 6.10 Å². The van der Waals surface area contributed by atoms with Crippen molar-refractivity contribution in [3.63, 3.8) is 0 Å². The fourth-order valence-corrected chi connectivity index (χ4v) is 2.81. The van der Waals surface area contributed by atoms with Crippen LogP contribution in [-0.4, -0.2) is 30.4 Å². The Morgan fingerprint density at radius 1 is 0.968 bits per heavy atom. The summed E-state index contributed by atoms with van der Waals surface area (Å²) in [5.41, 5.74) is 5.08. The predicted molar refractivity (Wildman–Crippen MR) is 118 cm³/mol. The van der Waals surface area contributed by atoms with Gasteiger partial charge in [-0.25, -0.2) is 0 Å². The van der Waals surface area contributed by atoms with Crippen molar-refractivity contribution >= 4 is 46.6 Å². The van der Waals surface area contributed by atoms with Crippen molar-refractivity contribution in [3.05, 3.63) is 52.5 Å². The van der Waals surface area contributed by atoms with Gasteiger partial charge in [0.1, 0.15) is 11.5 Å². The Hall–Kier alpha value is -2.97. The van der Waals surface area contributed by atoms with Crippen LogP contribution in [0.15, 0.2) is 42.5 Å². The van der Waals surface area contributed by atoms with E-state index in [9.17, 15) is 14.4 Å². The minimum atomic E-state index is -0.929. The van der Waals surface area contributed by atoms with Crippen molar-refractivity contribution < 1.29 is 23.9 Å². The molecular weight excluding hydrogens is 445 g/mol. The van der Waals surface area contributed by atoms with E-state index in [1.165, 1.54) is 19.1 Å². The SMILES string of the molecule is CCOc1ccc(NC(=O)CCC(=O)NNC(=O)C(C)Oc2ccc(Cl)cc2Cl)cc1. The lowest BCUT2D eigenvalue weighted by atomic mass is 10.2. The Kier molecular flexibility index (Phi) is 9.42. The molecule has 0 spiro atoms. The topological polar surface area (TPSA) is 106 Å². The van der Waals surface area contributed by atoms with Crippen molar-refractivity contribution in [2.45, 2.75) is 32.8 Å². The quantitative estimate of drug-likeness (QED) is 0.487. The molecule has 0 bridgehead atoms. The molecule has 3 N–H and O–H groups in total. The van der Waals surface area contributed by atoms with E-state index in [0.29, 0.717) is 23.1 Å². The van der Waals surface area contributed by atoms with Gasteiger partial charge in [-0.05, 0) is 56.3 Å². The molecule has 0 saturated heterocycles. The first-order valence-corrected chi connectivity index (χ1v) is 10.3. The average Bonchev–Trinajstić information content (AvgIpc) is 2.74. The number of halogens is 2. The van der Waals surface area contributed by atoms with E-state index in [-0.39, 0.29) is 29.5 Å². The summed E-state index contributed by atoms with van der Waals surface area (Å²) in [6.45, 7) is 3.93. The number of amides is 3. The second-order valence-electron chi connectivity index (χ2n) is 6.38. The van der Waals surface area contributed by atoms with Crippen LogP contribution in [0.1, 0.15) is 26.7 Å². The number of hydrogen-bond acceptors (Lipinski definition) is 5. The molecule has 2 aromatic carbocycles. The number of ether oxygens (including phenoxy) is 2. The molecule has 1 atom stereocenters. The van der Waals surface area contributed by atoms with E-state index >= 15 is 0 Å². The lowest BCUT2D eigenvalue weighted by molar-refractivity contribution is -0.133. The van der Waals surface area contributed by atoms with Crippen LogP contribution in [0.25, 0.3) is 0 Å². The Morgan fingerprint density at radius 2 is 1.65 bits per heavy atom. The lowest BCUT2D eigenvalue weighted by Gasteiger charge is -2.16. The molecular formula is C21H23Cl2N3O5. The second kappa shape index (κ2) is 12.0. The lowest BCUT2D eigenvalue weighted by Crippen LogP contribution is -2.47. The number of anilines is 1. The summed E-state index contributed by atoms with van der Waals surface area (Å²) in [6.07, 6.45) is -1.09. The highest BCUT2D eigenvalue weighted by atomic mass is 35.5. The standard InChI is InChI=1S/C21H23Cl2N3O5/c1-3-30-16-7-5-15(6-8-16)24-19(27)10-11-20(28)25-26-21(29)13(2)31-18-9-4-14(22)12-17(18)23/h4-9,12-13H,3,10-11H2,1-2H3,(H,24,27)(H,25,28)(H,26,29). The first kappa shape index (κ1) is 24.3. The average molecular weight is 468 g/mol. The van der Waals surface area contributed by atoms with Crippen molar-refractivity contribution in [1.29, 1.82) is 0 Å². The largest absolute Gasteiger partial charge is 0.494 e. The van der Waals surface area contributed by atoms with E-state index in [1.54, 1.807) is 30.3 Å².